The molecule has 0 bridgehead atoms. The van der Waals surface area contributed by atoms with Crippen LogP contribution in [0, 0.1) is 13.8 Å². The van der Waals surface area contributed by atoms with Crippen LogP contribution in [-0.4, -0.2) is 4.98 Å². The van der Waals surface area contributed by atoms with Crippen LogP contribution >= 0.6 is 22.9 Å². The molecule has 0 fully saturated rings. The number of ether oxygens (including phenoxy) is 1. The molecule has 0 aliphatic heterocycles. The molecule has 1 aromatic carbocycles. The van der Waals surface area contributed by atoms with E-state index in [9.17, 15) is 13.2 Å². The van der Waals surface area contributed by atoms with Crippen molar-refractivity contribution in [1.82, 2.24) is 4.98 Å². The van der Waals surface area contributed by atoms with Crippen LogP contribution in [0.5, 0.6) is 5.75 Å². The zero-order chi connectivity index (χ0) is 15.6. The summed E-state index contributed by atoms with van der Waals surface area (Å²) in [5.41, 5.74) is 0.454. The van der Waals surface area contributed by atoms with Gasteiger partial charge in [0.25, 0.3) is 0 Å². The minimum Gasteiger partial charge on any atom is -0.486 e. The van der Waals surface area contributed by atoms with Crippen molar-refractivity contribution in [3.8, 4) is 5.75 Å². The Balaban J connectivity index is 2.23. The molecule has 0 N–H and O–H groups in total. The molecule has 21 heavy (non-hydrogen) atoms. The lowest BCUT2D eigenvalue weighted by atomic mass is 10.1. The van der Waals surface area contributed by atoms with E-state index in [2.05, 4.69) is 4.98 Å². The van der Waals surface area contributed by atoms with Gasteiger partial charge in [0.1, 0.15) is 17.4 Å². The van der Waals surface area contributed by atoms with Crippen LogP contribution in [0.3, 0.4) is 0 Å². The Morgan fingerprint density at radius 2 is 2.00 bits per heavy atom. The quantitative estimate of drug-likeness (QED) is 0.725. The molecule has 2 rings (SSSR count). The Bertz CT molecular complexity index is 620. The normalized spacial score (nSPS) is 11.7. The SMILES string of the molecule is Cc1nc(COc2ccc(CCl)cc2C(F)(F)F)sc1C. The Morgan fingerprint density at radius 1 is 1.29 bits per heavy atom. The van der Waals surface area contributed by atoms with Crippen LogP contribution in [-0.2, 0) is 18.7 Å². The number of thiazole rings is 1. The van der Waals surface area contributed by atoms with E-state index >= 15 is 0 Å². The van der Waals surface area contributed by atoms with Crippen molar-refractivity contribution in [1.29, 1.82) is 0 Å². The number of nitrogens with zero attached hydrogens (tertiary/aromatic N) is 1. The number of benzene rings is 1. The lowest BCUT2D eigenvalue weighted by Gasteiger charge is -2.14. The van der Waals surface area contributed by atoms with Gasteiger partial charge in [0, 0.05) is 10.8 Å². The van der Waals surface area contributed by atoms with E-state index in [-0.39, 0.29) is 18.2 Å². The lowest BCUT2D eigenvalue weighted by Crippen LogP contribution is -2.09. The predicted molar refractivity (Wildman–Crippen MR) is 76.9 cm³/mol. The van der Waals surface area contributed by atoms with Crippen molar-refractivity contribution < 1.29 is 17.9 Å². The van der Waals surface area contributed by atoms with Crippen LogP contribution in [0.15, 0.2) is 18.2 Å². The molecule has 2 aromatic rings. The summed E-state index contributed by atoms with van der Waals surface area (Å²) in [6.07, 6.45) is -4.48. The summed E-state index contributed by atoms with van der Waals surface area (Å²) in [5, 5.41) is 0.652. The first-order chi connectivity index (χ1) is 9.81. The maximum absolute atomic E-state index is 13.0. The maximum Gasteiger partial charge on any atom is 0.419 e. The van der Waals surface area contributed by atoms with Gasteiger partial charge in [0.2, 0.25) is 0 Å². The molecule has 0 radical (unpaired) electrons. The molecule has 1 aromatic heterocycles. The van der Waals surface area contributed by atoms with Crippen LogP contribution in [0.1, 0.15) is 26.7 Å². The van der Waals surface area contributed by atoms with E-state index < -0.39 is 11.7 Å². The molecule has 114 valence electrons. The van der Waals surface area contributed by atoms with Crippen molar-refractivity contribution in [3.63, 3.8) is 0 Å². The minimum atomic E-state index is -4.48. The summed E-state index contributed by atoms with van der Waals surface area (Å²) >= 11 is 6.99. The number of rotatable bonds is 4. The molecular weight excluding hydrogens is 323 g/mol. The number of hydrogen-bond acceptors (Lipinski definition) is 3. The van der Waals surface area contributed by atoms with Gasteiger partial charge in [-0.2, -0.15) is 13.2 Å². The second kappa shape index (κ2) is 6.23. The highest BCUT2D eigenvalue weighted by molar-refractivity contribution is 7.11. The third-order valence-electron chi connectivity index (χ3n) is 2.93. The highest BCUT2D eigenvalue weighted by Crippen LogP contribution is 2.37. The summed E-state index contributed by atoms with van der Waals surface area (Å²) in [6, 6.07) is 3.84. The third kappa shape index (κ3) is 3.89. The van der Waals surface area contributed by atoms with Crippen molar-refractivity contribution >= 4 is 22.9 Å². The molecule has 0 atom stereocenters. The summed E-state index contributed by atoms with van der Waals surface area (Å²) in [4.78, 5) is 5.27. The number of alkyl halides is 4. The molecular formula is C14H13ClF3NOS. The second-order valence-corrected chi connectivity index (χ2v) is 6.05. The van der Waals surface area contributed by atoms with Gasteiger partial charge in [-0.25, -0.2) is 4.98 Å². The molecule has 0 aliphatic carbocycles. The Labute approximate surface area is 129 Å². The smallest absolute Gasteiger partial charge is 0.419 e. The van der Waals surface area contributed by atoms with Gasteiger partial charge in [0.15, 0.2) is 0 Å². The summed E-state index contributed by atoms with van der Waals surface area (Å²) < 4.78 is 44.4. The fourth-order valence-electron chi connectivity index (χ4n) is 1.75. The zero-order valence-electron chi connectivity index (χ0n) is 11.4. The van der Waals surface area contributed by atoms with Gasteiger partial charge < -0.3 is 4.74 Å². The Kier molecular flexibility index (Phi) is 4.78. The zero-order valence-corrected chi connectivity index (χ0v) is 13.0. The number of aromatic nitrogens is 1. The van der Waals surface area contributed by atoms with Crippen molar-refractivity contribution in [2.24, 2.45) is 0 Å². The summed E-state index contributed by atoms with van der Waals surface area (Å²) in [5.74, 6) is -0.185. The van der Waals surface area contributed by atoms with E-state index in [1.54, 1.807) is 0 Å². The topological polar surface area (TPSA) is 22.1 Å². The van der Waals surface area contributed by atoms with Crippen LogP contribution in [0.4, 0.5) is 13.2 Å². The molecule has 0 unspecified atom stereocenters. The van der Waals surface area contributed by atoms with Gasteiger partial charge in [0.05, 0.1) is 11.3 Å². The molecule has 1 heterocycles. The van der Waals surface area contributed by atoms with Crippen molar-refractivity contribution in [3.05, 3.63) is 44.9 Å². The molecule has 7 heteroatoms. The van der Waals surface area contributed by atoms with Crippen LogP contribution < -0.4 is 4.74 Å². The third-order valence-corrected chi connectivity index (χ3v) is 4.28. The van der Waals surface area contributed by atoms with Crippen molar-refractivity contribution in [2.45, 2.75) is 32.5 Å². The largest absolute Gasteiger partial charge is 0.486 e. The van der Waals surface area contributed by atoms with E-state index in [1.165, 1.54) is 23.5 Å². The fraction of sp³-hybridized carbons (Fsp3) is 0.357. The van der Waals surface area contributed by atoms with Gasteiger partial charge in [-0.1, -0.05) is 6.07 Å². The number of halogens is 4. The van der Waals surface area contributed by atoms with Gasteiger partial charge in [-0.3, -0.25) is 0 Å². The average molecular weight is 336 g/mol. The lowest BCUT2D eigenvalue weighted by molar-refractivity contribution is -0.139. The number of hydrogen-bond donors (Lipinski definition) is 0. The van der Waals surface area contributed by atoms with Crippen LogP contribution in [0.2, 0.25) is 0 Å². The van der Waals surface area contributed by atoms with E-state index in [1.807, 2.05) is 13.8 Å². The standard InChI is InChI=1S/C14H13ClF3NOS/c1-8-9(2)21-13(19-8)7-20-12-4-3-10(6-15)5-11(12)14(16,17)18/h3-5H,6-7H2,1-2H3. The molecule has 2 nitrogen and oxygen atoms in total. The predicted octanol–water partition coefficient (Wildman–Crippen LogP) is 5.10. The molecule has 0 saturated carbocycles. The molecule has 0 amide bonds. The van der Waals surface area contributed by atoms with Crippen molar-refractivity contribution in [2.75, 3.05) is 0 Å². The van der Waals surface area contributed by atoms with E-state index in [0.717, 1.165) is 16.6 Å². The van der Waals surface area contributed by atoms with Gasteiger partial charge in [-0.05, 0) is 31.5 Å². The highest BCUT2D eigenvalue weighted by Gasteiger charge is 2.34. The van der Waals surface area contributed by atoms with E-state index in [4.69, 9.17) is 16.3 Å². The Hall–Kier alpha value is -1.27. The average Bonchev–Trinajstić information content (AvgIpc) is 2.74. The maximum atomic E-state index is 13.0. The first kappa shape index (κ1) is 16.1. The Morgan fingerprint density at radius 3 is 2.52 bits per heavy atom. The summed E-state index contributed by atoms with van der Waals surface area (Å²) in [6.45, 7) is 3.78. The molecule has 0 spiro atoms. The first-order valence-corrected chi connectivity index (χ1v) is 7.48. The number of aryl methyl sites for hydroxylation is 2. The fourth-order valence-corrected chi connectivity index (χ4v) is 2.76. The van der Waals surface area contributed by atoms with Gasteiger partial charge >= 0.3 is 6.18 Å². The van der Waals surface area contributed by atoms with E-state index in [0.29, 0.717) is 10.6 Å². The molecule has 0 saturated heterocycles. The van der Waals surface area contributed by atoms with Gasteiger partial charge in [-0.15, -0.1) is 22.9 Å². The summed E-state index contributed by atoms with van der Waals surface area (Å²) in [7, 11) is 0. The highest BCUT2D eigenvalue weighted by atomic mass is 35.5. The second-order valence-electron chi connectivity index (χ2n) is 4.50. The first-order valence-electron chi connectivity index (χ1n) is 6.13. The molecule has 0 aliphatic rings. The minimum absolute atomic E-state index is 0.0165. The van der Waals surface area contributed by atoms with Crippen LogP contribution in [0.25, 0.3) is 0 Å². The monoisotopic (exact) mass is 335 g/mol.